The van der Waals surface area contributed by atoms with Gasteiger partial charge < -0.3 is 9.52 Å². The number of phenolic OH excluding ortho intramolecular Hbond substituents is 1. The molecule has 0 saturated heterocycles. The van der Waals surface area contributed by atoms with Gasteiger partial charge in [0.25, 0.3) is 0 Å². The molecule has 3 nitrogen and oxygen atoms in total. The molecular formula is C19H17FO3. The molecule has 4 heteroatoms. The Labute approximate surface area is 133 Å². The third-order valence-electron chi connectivity index (χ3n) is 3.66. The molecule has 0 fully saturated rings. The van der Waals surface area contributed by atoms with Crippen LogP contribution in [-0.2, 0) is 6.42 Å². The van der Waals surface area contributed by atoms with Crippen LogP contribution in [0.25, 0.3) is 22.3 Å². The van der Waals surface area contributed by atoms with Crippen LogP contribution in [0.5, 0.6) is 5.75 Å². The molecule has 0 aliphatic heterocycles. The van der Waals surface area contributed by atoms with E-state index in [0.717, 1.165) is 24.1 Å². The minimum atomic E-state index is -0.650. The Morgan fingerprint density at radius 2 is 1.83 bits per heavy atom. The van der Waals surface area contributed by atoms with Gasteiger partial charge in [-0.1, -0.05) is 38.1 Å². The lowest BCUT2D eigenvalue weighted by Gasteiger charge is -2.07. The van der Waals surface area contributed by atoms with Gasteiger partial charge in [0.1, 0.15) is 28.3 Å². The Hall–Kier alpha value is -2.62. The summed E-state index contributed by atoms with van der Waals surface area (Å²) in [5.74, 6) is -0.149. The summed E-state index contributed by atoms with van der Waals surface area (Å²) in [6, 6.07) is 11.1. The number of benzene rings is 2. The van der Waals surface area contributed by atoms with Gasteiger partial charge in [0.2, 0.25) is 0 Å². The summed E-state index contributed by atoms with van der Waals surface area (Å²) in [5.41, 5.74) is 1.58. The van der Waals surface area contributed by atoms with E-state index >= 15 is 0 Å². The first-order valence-electron chi connectivity index (χ1n) is 7.49. The topological polar surface area (TPSA) is 50.4 Å². The van der Waals surface area contributed by atoms with E-state index in [0.29, 0.717) is 11.7 Å². The highest BCUT2D eigenvalue weighted by atomic mass is 19.1. The SMILES string of the molecule is CC(C)Cc1ccc(-c2cc(=O)c3c(O)cc(F)cc3o2)cc1. The van der Waals surface area contributed by atoms with Gasteiger partial charge in [-0.05, 0) is 17.9 Å². The number of hydrogen-bond acceptors (Lipinski definition) is 3. The van der Waals surface area contributed by atoms with Gasteiger partial charge >= 0.3 is 0 Å². The number of fused-ring (bicyclic) bond motifs is 1. The first kappa shape index (κ1) is 15.3. The molecule has 23 heavy (non-hydrogen) atoms. The van der Waals surface area contributed by atoms with Crippen molar-refractivity contribution in [3.8, 4) is 17.1 Å². The maximum Gasteiger partial charge on any atom is 0.197 e. The fourth-order valence-corrected chi connectivity index (χ4v) is 2.65. The van der Waals surface area contributed by atoms with Crippen LogP contribution in [0.15, 0.2) is 51.7 Å². The van der Waals surface area contributed by atoms with Gasteiger partial charge in [-0.25, -0.2) is 4.39 Å². The van der Waals surface area contributed by atoms with E-state index in [2.05, 4.69) is 13.8 Å². The lowest BCUT2D eigenvalue weighted by atomic mass is 10.0. The van der Waals surface area contributed by atoms with Crippen molar-refractivity contribution < 1.29 is 13.9 Å². The second kappa shape index (κ2) is 5.88. The van der Waals surface area contributed by atoms with E-state index in [1.54, 1.807) is 0 Å². The van der Waals surface area contributed by atoms with Crippen LogP contribution >= 0.6 is 0 Å². The fourth-order valence-electron chi connectivity index (χ4n) is 2.65. The molecule has 1 aromatic heterocycles. The molecule has 0 bridgehead atoms. The second-order valence-electron chi connectivity index (χ2n) is 6.07. The predicted octanol–water partition coefficient (Wildman–Crippen LogP) is 4.50. The summed E-state index contributed by atoms with van der Waals surface area (Å²) >= 11 is 0. The van der Waals surface area contributed by atoms with Crippen LogP contribution in [0.3, 0.4) is 0 Å². The maximum absolute atomic E-state index is 13.4. The molecule has 0 spiro atoms. The van der Waals surface area contributed by atoms with E-state index in [-0.39, 0.29) is 11.0 Å². The summed E-state index contributed by atoms with van der Waals surface area (Å²) in [6.45, 7) is 4.30. The maximum atomic E-state index is 13.4. The van der Waals surface area contributed by atoms with Crippen LogP contribution in [-0.4, -0.2) is 5.11 Å². The third kappa shape index (κ3) is 3.11. The molecule has 3 rings (SSSR count). The molecule has 2 aromatic carbocycles. The van der Waals surface area contributed by atoms with Gasteiger partial charge in [-0.2, -0.15) is 0 Å². The van der Waals surface area contributed by atoms with Gasteiger partial charge in [0.15, 0.2) is 5.43 Å². The number of hydrogen-bond donors (Lipinski definition) is 1. The van der Waals surface area contributed by atoms with E-state index in [1.807, 2.05) is 24.3 Å². The molecule has 0 radical (unpaired) electrons. The van der Waals surface area contributed by atoms with Gasteiger partial charge in [-0.3, -0.25) is 4.79 Å². The zero-order valence-electron chi connectivity index (χ0n) is 13.0. The van der Waals surface area contributed by atoms with Crippen molar-refractivity contribution in [2.24, 2.45) is 5.92 Å². The predicted molar refractivity (Wildman–Crippen MR) is 88.1 cm³/mol. The van der Waals surface area contributed by atoms with Gasteiger partial charge in [0, 0.05) is 23.8 Å². The van der Waals surface area contributed by atoms with E-state index in [9.17, 15) is 14.3 Å². The van der Waals surface area contributed by atoms with Crippen molar-refractivity contribution >= 4 is 11.0 Å². The van der Waals surface area contributed by atoms with Gasteiger partial charge in [-0.15, -0.1) is 0 Å². The molecule has 0 aliphatic carbocycles. The molecule has 1 heterocycles. The molecule has 3 aromatic rings. The van der Waals surface area contributed by atoms with Crippen LogP contribution in [0.2, 0.25) is 0 Å². The molecule has 0 amide bonds. The zero-order valence-corrected chi connectivity index (χ0v) is 13.0. The third-order valence-corrected chi connectivity index (χ3v) is 3.66. The van der Waals surface area contributed by atoms with Crippen LogP contribution in [0.4, 0.5) is 4.39 Å². The molecule has 0 aliphatic rings. The van der Waals surface area contributed by atoms with Crippen molar-refractivity contribution in [1.29, 1.82) is 0 Å². The number of halogens is 1. The van der Waals surface area contributed by atoms with Gasteiger partial charge in [0.05, 0.1) is 0 Å². The van der Waals surface area contributed by atoms with Crippen molar-refractivity contribution in [1.82, 2.24) is 0 Å². The van der Waals surface area contributed by atoms with Crippen molar-refractivity contribution in [2.45, 2.75) is 20.3 Å². The molecule has 1 N–H and O–H groups in total. The monoisotopic (exact) mass is 312 g/mol. The van der Waals surface area contributed by atoms with E-state index in [4.69, 9.17) is 4.42 Å². The lowest BCUT2D eigenvalue weighted by Crippen LogP contribution is -2.01. The molecule has 0 unspecified atom stereocenters. The summed E-state index contributed by atoms with van der Waals surface area (Å²) in [4.78, 5) is 12.2. The summed E-state index contributed by atoms with van der Waals surface area (Å²) in [5, 5.41) is 9.71. The summed E-state index contributed by atoms with van der Waals surface area (Å²) < 4.78 is 19.0. The Kier molecular flexibility index (Phi) is 3.90. The highest BCUT2D eigenvalue weighted by molar-refractivity contribution is 5.84. The van der Waals surface area contributed by atoms with Crippen molar-refractivity contribution in [2.75, 3.05) is 0 Å². The average molecular weight is 312 g/mol. The first-order valence-corrected chi connectivity index (χ1v) is 7.49. The van der Waals surface area contributed by atoms with Crippen LogP contribution in [0.1, 0.15) is 19.4 Å². The van der Waals surface area contributed by atoms with Crippen molar-refractivity contribution in [3.63, 3.8) is 0 Å². The normalized spacial score (nSPS) is 11.3. The standard InChI is InChI=1S/C19H17FO3/c1-11(2)7-12-3-5-13(6-4-12)17-10-16(22)19-15(21)8-14(20)9-18(19)23-17/h3-6,8-11,21H,7H2,1-2H3. The highest BCUT2D eigenvalue weighted by Gasteiger charge is 2.12. The number of rotatable bonds is 3. The fraction of sp³-hybridized carbons (Fsp3) is 0.211. The second-order valence-corrected chi connectivity index (χ2v) is 6.07. The highest BCUT2D eigenvalue weighted by Crippen LogP contribution is 2.28. The Bertz CT molecular complexity index is 908. The Balaban J connectivity index is 2.08. The average Bonchev–Trinajstić information content (AvgIpc) is 2.46. The largest absolute Gasteiger partial charge is 0.507 e. The number of phenols is 1. The lowest BCUT2D eigenvalue weighted by molar-refractivity contribution is 0.473. The molecule has 118 valence electrons. The Morgan fingerprint density at radius 3 is 2.48 bits per heavy atom. The minimum absolute atomic E-state index is 0.00780. The quantitative estimate of drug-likeness (QED) is 0.774. The number of aromatic hydroxyl groups is 1. The zero-order chi connectivity index (χ0) is 16.6. The Morgan fingerprint density at radius 1 is 1.13 bits per heavy atom. The van der Waals surface area contributed by atoms with Crippen LogP contribution in [0, 0.1) is 11.7 Å². The van der Waals surface area contributed by atoms with E-state index < -0.39 is 17.0 Å². The van der Waals surface area contributed by atoms with Crippen molar-refractivity contribution in [3.05, 3.63) is 64.1 Å². The molecule has 0 atom stereocenters. The smallest absolute Gasteiger partial charge is 0.197 e. The minimum Gasteiger partial charge on any atom is -0.507 e. The summed E-state index contributed by atoms with van der Waals surface area (Å²) in [6.07, 6.45) is 0.973. The van der Waals surface area contributed by atoms with E-state index in [1.165, 1.54) is 11.6 Å². The van der Waals surface area contributed by atoms with Crippen LogP contribution < -0.4 is 5.43 Å². The summed E-state index contributed by atoms with van der Waals surface area (Å²) in [7, 11) is 0. The molecular weight excluding hydrogens is 295 g/mol. The molecule has 0 saturated carbocycles. The first-order chi connectivity index (χ1) is 10.9.